The Morgan fingerprint density at radius 3 is 3.17 bits per heavy atom. The maximum absolute atomic E-state index is 8.95. The van der Waals surface area contributed by atoms with Gasteiger partial charge in [-0.25, -0.2) is 0 Å². The topological polar surface area (TPSA) is 57.6 Å². The number of nitrogens with zero attached hydrogens (tertiary/aromatic N) is 2. The minimum atomic E-state index is -0.353. The van der Waals surface area contributed by atoms with Crippen LogP contribution in [0.5, 0.6) is 0 Å². The summed E-state index contributed by atoms with van der Waals surface area (Å²) in [4.78, 5) is 2.64. The molecule has 0 spiro atoms. The van der Waals surface area contributed by atoms with E-state index in [1.165, 1.54) is 0 Å². The van der Waals surface area contributed by atoms with Crippen LogP contribution in [0.2, 0.25) is 0 Å². The summed E-state index contributed by atoms with van der Waals surface area (Å²) in [5.74, 6) is -0.353. The Hall–Kier alpha value is -1.50. The molecule has 12 heavy (non-hydrogen) atoms. The van der Waals surface area contributed by atoms with E-state index in [-0.39, 0.29) is 12.0 Å². The second kappa shape index (κ2) is 4.39. The Balaban J connectivity index is 2.41. The fourth-order valence-electron chi connectivity index (χ4n) is 1.11. The third kappa shape index (κ3) is 2.62. The normalized spacial score (nSPS) is 23.2. The molecule has 0 fully saturated rings. The Morgan fingerprint density at radius 1 is 1.75 bits per heavy atom. The highest BCUT2D eigenvalue weighted by atomic mass is 16.6. The first-order valence-electron chi connectivity index (χ1n) is 3.89. The van der Waals surface area contributed by atoms with Crippen molar-refractivity contribution in [2.45, 2.75) is 25.4 Å². The van der Waals surface area contributed by atoms with Crippen molar-refractivity contribution in [3.05, 3.63) is 29.3 Å². The number of hydrogen-bond donors (Lipinski definition) is 1. The van der Waals surface area contributed by atoms with Gasteiger partial charge in [0.25, 0.3) is 0 Å². The predicted molar refractivity (Wildman–Crippen MR) is 43.7 cm³/mol. The van der Waals surface area contributed by atoms with Gasteiger partial charge >= 0.3 is 12.1 Å². The van der Waals surface area contributed by atoms with Crippen LogP contribution in [-0.2, 0) is 4.74 Å². The summed E-state index contributed by atoms with van der Waals surface area (Å²) < 4.78 is 5.01. The van der Waals surface area contributed by atoms with Gasteiger partial charge in [0, 0.05) is 0 Å². The van der Waals surface area contributed by atoms with Crippen molar-refractivity contribution in [1.29, 1.82) is 5.39 Å². The van der Waals surface area contributed by atoms with Gasteiger partial charge in [0.2, 0.25) is 5.39 Å². The van der Waals surface area contributed by atoms with Gasteiger partial charge in [-0.3, -0.25) is 0 Å². The van der Waals surface area contributed by atoms with Gasteiger partial charge in [-0.2, -0.15) is 0 Å². The lowest BCUT2D eigenvalue weighted by molar-refractivity contribution is 0.0498. The van der Waals surface area contributed by atoms with Crippen molar-refractivity contribution in [2.75, 3.05) is 0 Å². The number of allylic oxidation sites excluding steroid dienone is 1. The summed E-state index contributed by atoms with van der Waals surface area (Å²) in [6.45, 7) is 0. The Morgan fingerprint density at radius 2 is 2.58 bits per heavy atom. The van der Waals surface area contributed by atoms with E-state index >= 15 is 0 Å². The molecule has 0 aliphatic heterocycles. The Bertz CT molecular complexity index is 240. The van der Waals surface area contributed by atoms with E-state index < -0.39 is 0 Å². The second-order valence-corrected chi connectivity index (χ2v) is 2.60. The van der Waals surface area contributed by atoms with Crippen LogP contribution in [-0.4, -0.2) is 11.2 Å². The minimum absolute atomic E-state index is 0.0863. The number of diazo groups is 1. The predicted octanol–water partition coefficient (Wildman–Crippen LogP) is 2.32. The van der Waals surface area contributed by atoms with Crippen LogP contribution in [0.15, 0.2) is 24.3 Å². The van der Waals surface area contributed by atoms with Crippen molar-refractivity contribution in [1.82, 2.24) is 0 Å². The van der Waals surface area contributed by atoms with Crippen LogP contribution >= 0.6 is 0 Å². The molecule has 0 heterocycles. The van der Waals surface area contributed by atoms with E-state index in [0.29, 0.717) is 0 Å². The summed E-state index contributed by atoms with van der Waals surface area (Å²) in [6.07, 6.45) is 7.70. The van der Waals surface area contributed by atoms with E-state index in [9.17, 15) is 0 Å². The molecule has 0 amide bonds. The number of aliphatic hydroxyl groups excluding tert-OH is 1. The molecular weight excluding hydrogens is 156 g/mol. The summed E-state index contributed by atoms with van der Waals surface area (Å²) in [7, 11) is 0. The molecule has 4 nitrogen and oxygen atoms in total. The lowest BCUT2D eigenvalue weighted by Crippen LogP contribution is -2.11. The van der Waals surface area contributed by atoms with Crippen LogP contribution < -0.4 is 0 Å². The molecule has 1 atom stereocenters. The summed E-state index contributed by atoms with van der Waals surface area (Å²) in [5.41, 5.74) is 0. The number of ether oxygens (including phenoxy) is 1. The van der Waals surface area contributed by atoms with Crippen molar-refractivity contribution in [2.24, 2.45) is 0 Å². The zero-order chi connectivity index (χ0) is 8.81. The van der Waals surface area contributed by atoms with Gasteiger partial charge in [0.05, 0.1) is 0 Å². The van der Waals surface area contributed by atoms with Crippen LogP contribution in [0.1, 0.15) is 19.3 Å². The number of rotatable bonds is 2. The highest BCUT2D eigenvalue weighted by molar-refractivity contribution is 4.97. The molecule has 1 N–H and O–H groups in total. The first-order valence-corrected chi connectivity index (χ1v) is 3.89. The molecule has 0 aromatic heterocycles. The van der Waals surface area contributed by atoms with E-state index in [1.54, 1.807) is 0 Å². The molecule has 4 heteroatoms. The third-order valence-corrected chi connectivity index (χ3v) is 1.65. The lowest BCUT2D eigenvalue weighted by atomic mass is 10.1. The molecule has 1 rings (SSSR count). The van der Waals surface area contributed by atoms with Gasteiger partial charge in [0.1, 0.15) is 6.10 Å². The monoisotopic (exact) mass is 167 g/mol. The fourth-order valence-corrected chi connectivity index (χ4v) is 1.11. The Labute approximate surface area is 70.8 Å². The molecule has 1 unspecified atom stereocenters. The third-order valence-electron chi connectivity index (χ3n) is 1.65. The van der Waals surface area contributed by atoms with Gasteiger partial charge in [-0.15, -0.1) is 0 Å². The number of aliphatic hydroxyl groups is 1. The molecular formula is C8H11N2O2+. The lowest BCUT2D eigenvalue weighted by Gasteiger charge is -2.15. The molecule has 0 aromatic carbocycles. The first kappa shape index (κ1) is 8.60. The van der Waals surface area contributed by atoms with E-state index in [2.05, 4.69) is 4.98 Å². The second-order valence-electron chi connectivity index (χ2n) is 2.60. The maximum atomic E-state index is 8.95. The molecule has 1 aliphatic carbocycles. The van der Waals surface area contributed by atoms with Gasteiger partial charge < -0.3 is 9.84 Å². The van der Waals surface area contributed by atoms with Crippen LogP contribution in [0.25, 0.3) is 4.98 Å². The molecule has 0 radical (unpaired) electrons. The summed E-state index contributed by atoms with van der Waals surface area (Å²) in [6, 6.07) is 0. The van der Waals surface area contributed by atoms with Gasteiger partial charge in [-0.05, 0) is 25.3 Å². The minimum Gasteiger partial charge on any atom is -0.476 e. The highest BCUT2D eigenvalue weighted by Crippen LogP contribution is 2.15. The van der Waals surface area contributed by atoms with E-state index in [4.69, 9.17) is 15.2 Å². The zero-order valence-electron chi connectivity index (χ0n) is 6.68. The number of hydrogen-bond acceptors (Lipinski definition) is 3. The molecule has 0 saturated heterocycles. The van der Waals surface area contributed by atoms with Crippen molar-refractivity contribution in [3.8, 4) is 0 Å². The first-order chi connectivity index (χ1) is 5.83. The largest absolute Gasteiger partial charge is 0.476 e. The standard InChI is InChI=1S/C8H10N2O2/c9-10-6-8(11)12-7-4-2-1-3-5-7/h2,4,6-7H,1,3,5H2/p+1/b8-6+. The van der Waals surface area contributed by atoms with Crippen LogP contribution in [0.4, 0.5) is 0 Å². The molecule has 1 aliphatic rings. The fraction of sp³-hybridized carbons (Fsp3) is 0.500. The van der Waals surface area contributed by atoms with Crippen molar-refractivity contribution < 1.29 is 9.84 Å². The van der Waals surface area contributed by atoms with Crippen LogP contribution in [0, 0.1) is 5.39 Å². The SMILES string of the molecule is N#[N+]/C=C(\O)OC1C=CCCC1. The molecule has 0 aromatic rings. The molecule has 64 valence electrons. The highest BCUT2D eigenvalue weighted by Gasteiger charge is 2.12. The molecule has 0 bridgehead atoms. The zero-order valence-corrected chi connectivity index (χ0v) is 6.68. The van der Waals surface area contributed by atoms with E-state index in [1.807, 2.05) is 12.2 Å². The Kier molecular flexibility index (Phi) is 3.15. The van der Waals surface area contributed by atoms with Gasteiger partial charge in [-0.1, -0.05) is 6.08 Å². The molecule has 0 saturated carbocycles. The maximum Gasteiger partial charge on any atom is 0.429 e. The van der Waals surface area contributed by atoms with Gasteiger partial charge in [0.15, 0.2) is 4.98 Å². The van der Waals surface area contributed by atoms with E-state index in [0.717, 1.165) is 25.5 Å². The quantitative estimate of drug-likeness (QED) is 0.390. The van der Waals surface area contributed by atoms with Crippen molar-refractivity contribution >= 4 is 0 Å². The van der Waals surface area contributed by atoms with Crippen LogP contribution in [0.3, 0.4) is 0 Å². The summed E-state index contributed by atoms with van der Waals surface area (Å²) in [5, 5.41) is 17.0. The summed E-state index contributed by atoms with van der Waals surface area (Å²) >= 11 is 0. The average molecular weight is 167 g/mol. The smallest absolute Gasteiger partial charge is 0.429 e. The van der Waals surface area contributed by atoms with Crippen molar-refractivity contribution in [3.63, 3.8) is 0 Å². The average Bonchev–Trinajstić information content (AvgIpc) is 2.06.